The van der Waals surface area contributed by atoms with Gasteiger partial charge in [-0.05, 0) is 36.4 Å². The summed E-state index contributed by atoms with van der Waals surface area (Å²) in [7, 11) is 1.28. The van der Waals surface area contributed by atoms with E-state index in [1.807, 2.05) is 0 Å². The second-order valence-corrected chi connectivity index (χ2v) is 5.21. The monoisotopic (exact) mass is 364 g/mol. The van der Waals surface area contributed by atoms with Gasteiger partial charge in [0.05, 0.1) is 17.6 Å². The van der Waals surface area contributed by atoms with Crippen LogP contribution in [0.25, 0.3) is 0 Å². The molecule has 0 saturated carbocycles. The number of amides is 1. The van der Waals surface area contributed by atoms with E-state index >= 15 is 0 Å². The van der Waals surface area contributed by atoms with Gasteiger partial charge < -0.3 is 14.8 Å². The minimum Gasteiger partial charge on any atom is -0.490 e. The van der Waals surface area contributed by atoms with Crippen LogP contribution in [0.1, 0.15) is 10.4 Å². The maximum Gasteiger partial charge on any atom is 0.338 e. The Kier molecular flexibility index (Phi) is 5.91. The van der Waals surface area contributed by atoms with Crippen molar-refractivity contribution in [2.24, 2.45) is 0 Å². The molecule has 9 heteroatoms. The molecule has 0 aromatic heterocycles. The maximum absolute atomic E-state index is 11.9. The van der Waals surface area contributed by atoms with E-state index in [1.54, 1.807) is 24.3 Å². The van der Waals surface area contributed by atoms with Crippen molar-refractivity contribution in [2.45, 2.75) is 0 Å². The summed E-state index contributed by atoms with van der Waals surface area (Å²) < 4.78 is 9.70. The molecule has 0 radical (unpaired) electrons. The summed E-state index contributed by atoms with van der Waals surface area (Å²) in [6.07, 6.45) is 0. The van der Waals surface area contributed by atoms with Crippen LogP contribution in [-0.4, -0.2) is 30.5 Å². The van der Waals surface area contributed by atoms with Crippen LogP contribution in [-0.2, 0) is 9.53 Å². The smallest absolute Gasteiger partial charge is 0.338 e. The first-order chi connectivity index (χ1) is 11.9. The third kappa shape index (κ3) is 4.92. The minimum atomic E-state index is -0.864. The summed E-state index contributed by atoms with van der Waals surface area (Å²) in [5.41, 5.74) is 0.0555. The number of ether oxygens (including phenoxy) is 2. The molecule has 0 aliphatic heterocycles. The average molecular weight is 365 g/mol. The second kappa shape index (κ2) is 8.11. The number of esters is 1. The number of rotatable bonds is 6. The van der Waals surface area contributed by atoms with E-state index in [-0.39, 0.29) is 17.0 Å². The fraction of sp³-hybridized carbons (Fsp3) is 0.125. The van der Waals surface area contributed by atoms with Crippen molar-refractivity contribution in [3.8, 4) is 5.75 Å². The van der Waals surface area contributed by atoms with E-state index in [4.69, 9.17) is 21.1 Å². The van der Waals surface area contributed by atoms with Crippen LogP contribution in [0.2, 0.25) is 5.02 Å². The Morgan fingerprint density at radius 1 is 1.20 bits per heavy atom. The average Bonchev–Trinajstić information content (AvgIpc) is 2.61. The molecule has 0 heterocycles. The zero-order valence-corrected chi connectivity index (χ0v) is 13.8. The molecule has 2 aromatic rings. The molecule has 0 aliphatic carbocycles. The molecule has 0 saturated heterocycles. The van der Waals surface area contributed by atoms with Crippen LogP contribution in [0, 0.1) is 10.1 Å². The van der Waals surface area contributed by atoms with Crippen LogP contribution in [0.4, 0.5) is 11.4 Å². The summed E-state index contributed by atoms with van der Waals surface area (Å²) in [5, 5.41) is 14.0. The van der Waals surface area contributed by atoms with Crippen molar-refractivity contribution in [2.75, 3.05) is 19.0 Å². The molecule has 0 aliphatic rings. The van der Waals surface area contributed by atoms with E-state index in [0.717, 1.165) is 6.07 Å². The van der Waals surface area contributed by atoms with Crippen molar-refractivity contribution in [1.82, 2.24) is 0 Å². The molecule has 1 amide bonds. The molecular weight excluding hydrogens is 352 g/mol. The lowest BCUT2D eigenvalue weighted by atomic mass is 10.2. The van der Waals surface area contributed by atoms with Crippen molar-refractivity contribution in [3.63, 3.8) is 0 Å². The Hall–Kier alpha value is -3.13. The van der Waals surface area contributed by atoms with E-state index < -0.39 is 23.4 Å². The number of hydrogen-bond acceptors (Lipinski definition) is 6. The standard InChI is InChI=1S/C16H13ClN2O6/c1-24-14-7-2-10(8-13(14)19(22)23)16(21)25-9-15(20)18-12-5-3-11(17)4-6-12/h2-8H,9H2,1H3,(H,18,20). The second-order valence-electron chi connectivity index (χ2n) is 4.77. The molecule has 0 atom stereocenters. The number of carbonyl (C=O) groups is 2. The molecule has 25 heavy (non-hydrogen) atoms. The number of carbonyl (C=O) groups excluding carboxylic acids is 2. The number of halogens is 1. The van der Waals surface area contributed by atoms with Crippen molar-refractivity contribution in [3.05, 3.63) is 63.2 Å². The Balaban J connectivity index is 1.97. The Morgan fingerprint density at radius 3 is 2.48 bits per heavy atom. The summed E-state index contributed by atoms with van der Waals surface area (Å²) in [6, 6.07) is 10.00. The largest absolute Gasteiger partial charge is 0.490 e. The highest BCUT2D eigenvalue weighted by atomic mass is 35.5. The van der Waals surface area contributed by atoms with Gasteiger partial charge in [-0.2, -0.15) is 0 Å². The normalized spacial score (nSPS) is 10.0. The van der Waals surface area contributed by atoms with Crippen LogP contribution in [0.15, 0.2) is 42.5 Å². The quantitative estimate of drug-likeness (QED) is 0.479. The summed E-state index contributed by atoms with van der Waals surface area (Å²) in [4.78, 5) is 34.0. The first-order valence-electron chi connectivity index (χ1n) is 6.95. The molecule has 2 aromatic carbocycles. The maximum atomic E-state index is 11.9. The Bertz CT molecular complexity index is 807. The van der Waals surface area contributed by atoms with E-state index in [2.05, 4.69) is 5.32 Å². The lowest BCUT2D eigenvalue weighted by molar-refractivity contribution is -0.385. The third-order valence-electron chi connectivity index (χ3n) is 3.07. The zero-order valence-electron chi connectivity index (χ0n) is 13.0. The van der Waals surface area contributed by atoms with Crippen molar-refractivity contribution in [1.29, 1.82) is 0 Å². The fourth-order valence-corrected chi connectivity index (χ4v) is 2.03. The SMILES string of the molecule is COc1ccc(C(=O)OCC(=O)Nc2ccc(Cl)cc2)cc1[N+](=O)[O-]. The molecular formula is C16H13ClN2O6. The first-order valence-corrected chi connectivity index (χ1v) is 7.33. The van der Waals surface area contributed by atoms with Crippen molar-refractivity contribution < 1.29 is 24.0 Å². The third-order valence-corrected chi connectivity index (χ3v) is 3.33. The van der Waals surface area contributed by atoms with Gasteiger partial charge in [0, 0.05) is 16.8 Å². The number of anilines is 1. The van der Waals surface area contributed by atoms with E-state index in [0.29, 0.717) is 10.7 Å². The summed E-state index contributed by atoms with van der Waals surface area (Å²) in [5.74, 6) is -1.40. The van der Waals surface area contributed by atoms with Gasteiger partial charge >= 0.3 is 11.7 Å². The zero-order chi connectivity index (χ0) is 18.4. The van der Waals surface area contributed by atoms with Gasteiger partial charge in [-0.25, -0.2) is 4.79 Å². The van der Waals surface area contributed by atoms with Crippen LogP contribution >= 0.6 is 11.6 Å². The van der Waals surface area contributed by atoms with Crippen LogP contribution < -0.4 is 10.1 Å². The number of nitrogens with one attached hydrogen (secondary N) is 1. The number of methoxy groups -OCH3 is 1. The molecule has 0 bridgehead atoms. The highest BCUT2D eigenvalue weighted by Crippen LogP contribution is 2.27. The molecule has 2 rings (SSSR count). The van der Waals surface area contributed by atoms with Gasteiger partial charge in [0.15, 0.2) is 12.4 Å². The highest BCUT2D eigenvalue weighted by molar-refractivity contribution is 6.30. The number of benzene rings is 2. The molecule has 130 valence electrons. The first kappa shape index (κ1) is 18.2. The van der Waals surface area contributed by atoms with Gasteiger partial charge in [-0.15, -0.1) is 0 Å². The molecule has 8 nitrogen and oxygen atoms in total. The predicted molar refractivity (Wildman–Crippen MR) is 90.0 cm³/mol. The van der Waals surface area contributed by atoms with Gasteiger partial charge in [-0.3, -0.25) is 14.9 Å². The number of nitro benzene ring substituents is 1. The van der Waals surface area contributed by atoms with Crippen LogP contribution in [0.5, 0.6) is 5.75 Å². The lowest BCUT2D eigenvalue weighted by Gasteiger charge is -2.07. The number of nitro groups is 1. The topological polar surface area (TPSA) is 108 Å². The molecule has 0 spiro atoms. The van der Waals surface area contributed by atoms with Gasteiger partial charge in [0.25, 0.3) is 5.91 Å². The van der Waals surface area contributed by atoms with Crippen LogP contribution in [0.3, 0.4) is 0 Å². The van der Waals surface area contributed by atoms with Gasteiger partial charge in [0.2, 0.25) is 0 Å². The predicted octanol–water partition coefficient (Wildman–Crippen LogP) is 3.05. The Labute approximate surface area is 147 Å². The van der Waals surface area contributed by atoms with Crippen molar-refractivity contribution >= 4 is 34.9 Å². The lowest BCUT2D eigenvalue weighted by Crippen LogP contribution is -2.21. The number of nitrogens with zero attached hydrogens (tertiary/aromatic N) is 1. The molecule has 0 unspecified atom stereocenters. The fourth-order valence-electron chi connectivity index (χ4n) is 1.90. The molecule has 1 N–H and O–H groups in total. The minimum absolute atomic E-state index is 0.0158. The molecule has 0 fully saturated rings. The van der Waals surface area contributed by atoms with Gasteiger partial charge in [-0.1, -0.05) is 11.6 Å². The van der Waals surface area contributed by atoms with E-state index in [9.17, 15) is 19.7 Å². The number of hydrogen-bond donors (Lipinski definition) is 1. The van der Waals surface area contributed by atoms with Gasteiger partial charge in [0.1, 0.15) is 0 Å². The Morgan fingerprint density at radius 2 is 1.88 bits per heavy atom. The van der Waals surface area contributed by atoms with E-state index in [1.165, 1.54) is 19.2 Å². The highest BCUT2D eigenvalue weighted by Gasteiger charge is 2.19. The summed E-state index contributed by atoms with van der Waals surface area (Å²) >= 11 is 5.74. The summed E-state index contributed by atoms with van der Waals surface area (Å²) in [6.45, 7) is -0.540.